The molecule has 200 valence electrons. The first-order valence-corrected chi connectivity index (χ1v) is 14.8. The number of benzene rings is 6. The Hall–Kier alpha value is -5.12. The second-order valence-corrected chi connectivity index (χ2v) is 11.4. The maximum atomic E-state index is 12.1. The molecule has 1 heterocycles. The Labute approximate surface area is 248 Å². The van der Waals surface area contributed by atoms with Crippen molar-refractivity contribution < 1.29 is 9.59 Å². The third-order valence-electron chi connectivity index (χ3n) is 7.82. The molecule has 2 aliphatic carbocycles. The van der Waals surface area contributed by atoms with E-state index in [1.54, 1.807) is 48.5 Å². The van der Waals surface area contributed by atoms with E-state index in [9.17, 15) is 9.59 Å². The fourth-order valence-electron chi connectivity index (χ4n) is 5.80. The van der Waals surface area contributed by atoms with Crippen LogP contribution >= 0.6 is 11.3 Å². The van der Waals surface area contributed by atoms with Crippen molar-refractivity contribution in [3.8, 4) is 11.1 Å². The van der Waals surface area contributed by atoms with Crippen LogP contribution in [0, 0.1) is 0 Å². The first-order valence-electron chi connectivity index (χ1n) is 14.0. The molecule has 0 bridgehead atoms. The summed E-state index contributed by atoms with van der Waals surface area (Å²) in [5.74, 6) is -0.128. The maximum absolute atomic E-state index is 12.1. The summed E-state index contributed by atoms with van der Waals surface area (Å²) in [5, 5.41) is 2.76. The number of fused-ring (bicyclic) bond motifs is 8. The van der Waals surface area contributed by atoms with E-state index in [1.807, 2.05) is 11.3 Å². The minimum atomic E-state index is -0.0641. The van der Waals surface area contributed by atoms with E-state index in [0.29, 0.717) is 22.3 Å². The summed E-state index contributed by atoms with van der Waals surface area (Å²) in [6, 6.07) is 48.3. The molecule has 0 fully saturated rings. The highest BCUT2D eigenvalue weighted by molar-refractivity contribution is 7.25. The van der Waals surface area contributed by atoms with E-state index >= 15 is 0 Å². The minimum Gasteiger partial charge on any atom is -0.289 e. The molecule has 0 aliphatic heterocycles. The van der Waals surface area contributed by atoms with Gasteiger partial charge in [0.15, 0.2) is 11.6 Å². The fourth-order valence-corrected chi connectivity index (χ4v) is 6.91. The number of hydrogen-bond donors (Lipinski definition) is 0. The second-order valence-electron chi connectivity index (χ2n) is 10.3. The van der Waals surface area contributed by atoms with Gasteiger partial charge in [-0.3, -0.25) is 9.59 Å². The summed E-state index contributed by atoms with van der Waals surface area (Å²) in [5.41, 5.74) is 7.78. The lowest BCUT2D eigenvalue weighted by Crippen LogP contribution is -2.20. The summed E-state index contributed by atoms with van der Waals surface area (Å²) in [6.45, 7) is 0. The van der Waals surface area contributed by atoms with Gasteiger partial charge in [0.2, 0.25) is 0 Å². The quantitative estimate of drug-likeness (QED) is 0.186. The molecule has 6 aromatic carbocycles. The van der Waals surface area contributed by atoms with E-state index in [2.05, 4.69) is 97.1 Å². The zero-order valence-electron chi connectivity index (χ0n) is 22.8. The molecule has 0 unspecified atom stereocenters. The Bertz CT molecular complexity index is 1920. The van der Waals surface area contributed by atoms with Crippen LogP contribution in [0.1, 0.15) is 43.0 Å². The van der Waals surface area contributed by atoms with Crippen LogP contribution in [0.15, 0.2) is 146 Å². The standard InChI is InChI=1S/C14H8O2.C13H10.C12H8S/c15-13-9-5-1-2-6-10(9)14(16)12-8-4-3-7-11(12)13;1-3-7-12-10(5-1)9-11-6-2-4-8-13(11)12;1-3-7-11-9(5-1)10-6-2-4-8-12(10)13-11/h1-8H;1-8H,9H2;1-8H. The summed E-state index contributed by atoms with van der Waals surface area (Å²) < 4.78 is 2.76. The van der Waals surface area contributed by atoms with Gasteiger partial charge in [0, 0.05) is 42.4 Å². The van der Waals surface area contributed by atoms with Crippen molar-refractivity contribution in [2.24, 2.45) is 0 Å². The summed E-state index contributed by atoms with van der Waals surface area (Å²) in [6.07, 6.45) is 1.10. The normalized spacial score (nSPS) is 12.3. The molecule has 0 saturated heterocycles. The van der Waals surface area contributed by atoms with Crippen molar-refractivity contribution in [1.29, 1.82) is 0 Å². The molecule has 0 saturated carbocycles. The van der Waals surface area contributed by atoms with Gasteiger partial charge in [-0.1, -0.05) is 133 Å². The zero-order chi connectivity index (χ0) is 28.5. The van der Waals surface area contributed by atoms with Crippen LogP contribution < -0.4 is 0 Å². The van der Waals surface area contributed by atoms with Gasteiger partial charge in [-0.25, -0.2) is 0 Å². The van der Waals surface area contributed by atoms with Gasteiger partial charge in [-0.15, -0.1) is 11.3 Å². The van der Waals surface area contributed by atoms with Crippen molar-refractivity contribution in [3.05, 3.63) is 179 Å². The molecule has 0 amide bonds. The molecule has 0 spiro atoms. The Kier molecular flexibility index (Phi) is 6.79. The van der Waals surface area contributed by atoms with Gasteiger partial charge < -0.3 is 0 Å². The van der Waals surface area contributed by atoms with Gasteiger partial charge in [-0.2, -0.15) is 0 Å². The van der Waals surface area contributed by atoms with E-state index in [4.69, 9.17) is 0 Å². The minimum absolute atomic E-state index is 0.0641. The van der Waals surface area contributed by atoms with Crippen molar-refractivity contribution in [2.45, 2.75) is 6.42 Å². The summed E-state index contributed by atoms with van der Waals surface area (Å²) >= 11 is 1.86. The van der Waals surface area contributed by atoms with Crippen molar-refractivity contribution in [3.63, 3.8) is 0 Å². The molecule has 2 nitrogen and oxygen atoms in total. The van der Waals surface area contributed by atoms with Gasteiger partial charge >= 0.3 is 0 Å². The van der Waals surface area contributed by atoms with E-state index < -0.39 is 0 Å². The van der Waals surface area contributed by atoms with Crippen molar-refractivity contribution in [1.82, 2.24) is 0 Å². The molecule has 3 heteroatoms. The Morgan fingerprint density at radius 1 is 0.357 bits per heavy atom. The lowest BCUT2D eigenvalue weighted by molar-refractivity contribution is 0.0979. The molecule has 7 aromatic rings. The predicted octanol–water partition coefficient (Wildman–Crippen LogP) is 9.77. The Morgan fingerprint density at radius 3 is 1.07 bits per heavy atom. The lowest BCUT2D eigenvalue weighted by atomic mass is 9.84. The van der Waals surface area contributed by atoms with Crippen LogP contribution in [-0.2, 0) is 6.42 Å². The van der Waals surface area contributed by atoms with E-state index in [1.165, 1.54) is 42.4 Å². The molecule has 2 aliphatic rings. The molecule has 0 N–H and O–H groups in total. The molecule has 0 radical (unpaired) electrons. The molecule has 0 atom stereocenters. The molecule has 1 aromatic heterocycles. The van der Waals surface area contributed by atoms with Crippen molar-refractivity contribution in [2.75, 3.05) is 0 Å². The molecule has 9 rings (SSSR count). The van der Waals surface area contributed by atoms with Crippen LogP contribution in [-0.4, -0.2) is 11.6 Å². The third-order valence-corrected chi connectivity index (χ3v) is 8.97. The topological polar surface area (TPSA) is 34.1 Å². The second kappa shape index (κ2) is 11.0. The lowest BCUT2D eigenvalue weighted by Gasteiger charge is -2.16. The largest absolute Gasteiger partial charge is 0.289 e. The number of thiophene rings is 1. The third kappa shape index (κ3) is 4.64. The number of carbonyl (C=O) groups excluding carboxylic acids is 2. The average Bonchev–Trinajstić information content (AvgIpc) is 3.63. The van der Waals surface area contributed by atoms with Crippen molar-refractivity contribution >= 4 is 43.1 Å². The summed E-state index contributed by atoms with van der Waals surface area (Å²) in [7, 11) is 0. The number of rotatable bonds is 0. The van der Waals surface area contributed by atoms with Gasteiger partial charge in [0.1, 0.15) is 0 Å². The highest BCUT2D eigenvalue weighted by atomic mass is 32.1. The van der Waals surface area contributed by atoms with E-state index in [-0.39, 0.29) is 11.6 Å². The van der Waals surface area contributed by atoms with Gasteiger partial charge in [0.25, 0.3) is 0 Å². The smallest absolute Gasteiger partial charge is 0.194 e. The van der Waals surface area contributed by atoms with E-state index in [0.717, 1.165) is 6.42 Å². The molecule has 42 heavy (non-hydrogen) atoms. The maximum Gasteiger partial charge on any atom is 0.194 e. The fraction of sp³-hybridized carbons (Fsp3) is 0.0256. The molecular weight excluding hydrogens is 532 g/mol. The number of ketones is 2. The van der Waals surface area contributed by atoms with Crippen LogP contribution in [0.3, 0.4) is 0 Å². The summed E-state index contributed by atoms with van der Waals surface area (Å²) in [4.78, 5) is 24.2. The number of hydrogen-bond acceptors (Lipinski definition) is 3. The highest BCUT2D eigenvalue weighted by Crippen LogP contribution is 2.36. The van der Waals surface area contributed by atoms with Crippen LogP contribution in [0.2, 0.25) is 0 Å². The zero-order valence-corrected chi connectivity index (χ0v) is 23.6. The number of carbonyl (C=O) groups is 2. The van der Waals surface area contributed by atoms with Crippen LogP contribution in [0.4, 0.5) is 0 Å². The first kappa shape index (κ1) is 25.8. The molecular formula is C39H26O2S. The Balaban J connectivity index is 0.000000104. The average molecular weight is 559 g/mol. The predicted molar refractivity (Wildman–Crippen MR) is 174 cm³/mol. The Morgan fingerprint density at radius 2 is 0.667 bits per heavy atom. The first-order chi connectivity index (χ1) is 20.7. The monoisotopic (exact) mass is 558 g/mol. The van der Waals surface area contributed by atoms with Gasteiger partial charge in [-0.05, 0) is 40.8 Å². The SMILES string of the molecule is O=C1c2ccccc2C(=O)c2ccccc21.c1ccc2c(c1)Cc1ccccc1-2.c1ccc2c(c1)sc1ccccc12. The van der Waals surface area contributed by atoms with Crippen LogP contribution in [0.5, 0.6) is 0 Å². The van der Waals surface area contributed by atoms with Crippen LogP contribution in [0.25, 0.3) is 31.3 Å². The van der Waals surface area contributed by atoms with Gasteiger partial charge in [0.05, 0.1) is 0 Å². The highest BCUT2D eigenvalue weighted by Gasteiger charge is 2.28.